The molecular formula is C38H24N5O13S3-3. The van der Waals surface area contributed by atoms with E-state index < -0.39 is 84.8 Å². The number of benzene rings is 7. The minimum absolute atomic E-state index is 0.154. The Hall–Kier alpha value is -7.01. The van der Waals surface area contributed by atoms with Gasteiger partial charge in [-0.15, -0.1) is 20.5 Å². The van der Waals surface area contributed by atoms with Crippen LogP contribution in [0.4, 0.5) is 34.1 Å². The molecule has 18 nitrogen and oxygen atoms in total. The second kappa shape index (κ2) is 15.1. The summed E-state index contributed by atoms with van der Waals surface area (Å²) in [4.78, 5) is -2.88. The van der Waals surface area contributed by atoms with E-state index in [4.69, 9.17) is 0 Å². The van der Waals surface area contributed by atoms with Crippen LogP contribution in [-0.4, -0.2) is 59.3 Å². The van der Waals surface area contributed by atoms with Gasteiger partial charge in [-0.2, -0.15) is 0 Å². The Bertz CT molecular complexity index is 3270. The predicted octanol–water partition coefficient (Wildman–Crippen LogP) is 7.77. The second-order valence-electron chi connectivity index (χ2n) is 12.6. The number of hydrogen-bond acceptors (Lipinski definition) is 18. The first-order valence-electron chi connectivity index (χ1n) is 16.6. The van der Waals surface area contributed by atoms with Crippen LogP contribution >= 0.6 is 0 Å². The maximum atomic E-state index is 12.3. The van der Waals surface area contributed by atoms with Gasteiger partial charge in [-0.3, -0.25) is 0 Å². The van der Waals surface area contributed by atoms with Gasteiger partial charge in [-0.05, 0) is 94.7 Å². The number of rotatable bonds is 10. The Morgan fingerprint density at radius 2 is 0.983 bits per heavy atom. The summed E-state index contributed by atoms with van der Waals surface area (Å²) in [6.45, 7) is 0. The lowest BCUT2D eigenvalue weighted by atomic mass is 10.0. The Kier molecular flexibility index (Phi) is 10.3. The Labute approximate surface area is 334 Å². The van der Waals surface area contributed by atoms with E-state index >= 15 is 0 Å². The van der Waals surface area contributed by atoms with Crippen molar-refractivity contribution in [3.63, 3.8) is 0 Å². The van der Waals surface area contributed by atoms with Crippen LogP contribution < -0.4 is 5.32 Å². The van der Waals surface area contributed by atoms with Gasteiger partial charge in [0.15, 0.2) is 11.5 Å². The van der Waals surface area contributed by atoms with Crippen molar-refractivity contribution in [1.29, 1.82) is 0 Å². The standard InChI is InChI=1S/C38H27N5O13S3/c44-29-16-20(9-13-27(29)40-42-35-33(59(54,55)56)19-23-15-25(11-12-26(23)37(35)46)39-24-6-2-1-3-7-24)21-10-14-28(30(45)17-21)41-43-36-32(58(51,52)53)18-22-5-4-8-31(57(48,49)50)34(22)38(36)47/h1-19,39,44-47H,(H,48,49,50)(H,51,52,53)(H,54,55,56)/p-3. The van der Waals surface area contributed by atoms with Gasteiger partial charge in [-0.1, -0.05) is 42.5 Å². The van der Waals surface area contributed by atoms with Crippen LogP contribution in [0.5, 0.6) is 23.0 Å². The fourth-order valence-electron chi connectivity index (χ4n) is 6.05. The maximum Gasteiger partial charge on any atom is 0.153 e. The van der Waals surface area contributed by atoms with Gasteiger partial charge in [0.2, 0.25) is 0 Å². The van der Waals surface area contributed by atoms with E-state index in [-0.39, 0.29) is 38.7 Å². The van der Waals surface area contributed by atoms with Crippen LogP contribution in [0.1, 0.15) is 0 Å². The molecule has 0 aromatic heterocycles. The summed E-state index contributed by atoms with van der Waals surface area (Å²) in [5.41, 5.74) is -0.403. The normalized spacial score (nSPS) is 12.5. The number of nitrogens with one attached hydrogen (secondary N) is 1. The fourth-order valence-corrected chi connectivity index (χ4v) is 8.05. The van der Waals surface area contributed by atoms with E-state index in [0.717, 1.165) is 36.0 Å². The number of anilines is 2. The third-order valence-corrected chi connectivity index (χ3v) is 11.3. The molecule has 7 aromatic carbocycles. The molecule has 0 amide bonds. The molecule has 59 heavy (non-hydrogen) atoms. The largest absolute Gasteiger partial charge is 0.744 e. The number of nitrogens with zero attached hydrogens (tertiary/aromatic N) is 4. The lowest BCUT2D eigenvalue weighted by Gasteiger charge is -2.16. The van der Waals surface area contributed by atoms with Crippen molar-refractivity contribution in [1.82, 2.24) is 0 Å². The highest BCUT2D eigenvalue weighted by atomic mass is 32.2. The van der Waals surface area contributed by atoms with Crippen LogP contribution in [0.15, 0.2) is 150 Å². The average Bonchev–Trinajstić information content (AvgIpc) is 3.17. The minimum atomic E-state index is -5.36. The van der Waals surface area contributed by atoms with Crippen molar-refractivity contribution in [3.8, 4) is 34.1 Å². The lowest BCUT2D eigenvalue weighted by molar-refractivity contribution is 0.456. The molecule has 0 spiro atoms. The van der Waals surface area contributed by atoms with Crippen LogP contribution in [0.25, 0.3) is 32.7 Å². The number of hydrogen-bond donors (Lipinski definition) is 5. The molecule has 0 atom stereocenters. The first-order chi connectivity index (χ1) is 27.8. The van der Waals surface area contributed by atoms with E-state index in [2.05, 4.69) is 25.8 Å². The molecule has 5 N–H and O–H groups in total. The number of aromatic hydroxyl groups is 4. The Morgan fingerprint density at radius 1 is 0.458 bits per heavy atom. The van der Waals surface area contributed by atoms with Crippen molar-refractivity contribution >= 4 is 86.0 Å². The van der Waals surface area contributed by atoms with Crippen LogP contribution in [0.2, 0.25) is 0 Å². The van der Waals surface area contributed by atoms with Gasteiger partial charge in [-0.25, -0.2) is 25.3 Å². The number of fused-ring (bicyclic) bond motifs is 2. The molecule has 0 heterocycles. The van der Waals surface area contributed by atoms with Gasteiger partial charge >= 0.3 is 0 Å². The molecule has 0 saturated heterocycles. The highest BCUT2D eigenvalue weighted by Crippen LogP contribution is 2.46. The molecule has 21 heteroatoms. The number of para-hydroxylation sites is 1. The van der Waals surface area contributed by atoms with Crippen molar-refractivity contribution in [3.05, 3.63) is 115 Å². The monoisotopic (exact) mass is 854 g/mol. The minimum Gasteiger partial charge on any atom is -0.744 e. The number of phenolic OH excluding ortho intramolecular Hbond substituents is 4. The summed E-state index contributed by atoms with van der Waals surface area (Å²) in [5, 5.41) is 61.1. The zero-order valence-corrected chi connectivity index (χ0v) is 31.9. The first-order valence-corrected chi connectivity index (χ1v) is 20.8. The molecule has 0 aliphatic heterocycles. The molecule has 0 fully saturated rings. The third kappa shape index (κ3) is 8.22. The summed E-state index contributed by atoms with van der Waals surface area (Å²) in [6.07, 6.45) is 0. The summed E-state index contributed by atoms with van der Waals surface area (Å²) >= 11 is 0. The molecular weight excluding hydrogens is 831 g/mol. The van der Waals surface area contributed by atoms with E-state index in [1.54, 1.807) is 18.2 Å². The average molecular weight is 855 g/mol. The molecule has 7 aromatic rings. The Morgan fingerprint density at radius 3 is 1.51 bits per heavy atom. The summed E-state index contributed by atoms with van der Waals surface area (Å²) in [7, 11) is -15.8. The van der Waals surface area contributed by atoms with Gasteiger partial charge in [0.05, 0.1) is 14.7 Å². The van der Waals surface area contributed by atoms with E-state index in [9.17, 15) is 59.3 Å². The van der Waals surface area contributed by atoms with E-state index in [1.165, 1.54) is 42.5 Å². The van der Waals surface area contributed by atoms with Crippen molar-refractivity contribution in [2.24, 2.45) is 20.5 Å². The molecule has 0 bridgehead atoms. The third-order valence-electron chi connectivity index (χ3n) is 8.76. The smallest absolute Gasteiger partial charge is 0.153 e. The number of azo groups is 2. The molecule has 0 unspecified atom stereocenters. The molecule has 300 valence electrons. The van der Waals surface area contributed by atoms with Gasteiger partial charge in [0.25, 0.3) is 0 Å². The maximum absolute atomic E-state index is 12.3. The summed E-state index contributed by atoms with van der Waals surface area (Å²) in [6, 6.07) is 26.2. The van der Waals surface area contributed by atoms with Gasteiger partial charge in [0.1, 0.15) is 64.6 Å². The molecule has 0 radical (unpaired) electrons. The second-order valence-corrected chi connectivity index (χ2v) is 16.6. The van der Waals surface area contributed by atoms with E-state index in [0.29, 0.717) is 11.8 Å². The quantitative estimate of drug-likeness (QED) is 0.0648. The van der Waals surface area contributed by atoms with Crippen molar-refractivity contribution in [2.75, 3.05) is 5.32 Å². The SMILES string of the molecule is O=S(=O)([O-])c1cc2cc(Nc3ccccc3)ccc2c(O)c1N=Nc1ccc(-c2ccc(N=Nc3c(S(=O)(=O)[O-])cc4cccc(S(=O)(=O)[O-])c4c3O)c(O)c2)cc1O. The number of phenols is 4. The molecule has 7 rings (SSSR count). The van der Waals surface area contributed by atoms with Crippen LogP contribution in [0.3, 0.4) is 0 Å². The van der Waals surface area contributed by atoms with Crippen LogP contribution in [-0.2, 0) is 30.4 Å². The Balaban J connectivity index is 1.18. The van der Waals surface area contributed by atoms with Gasteiger partial charge in [0, 0.05) is 22.1 Å². The zero-order valence-electron chi connectivity index (χ0n) is 29.4. The van der Waals surface area contributed by atoms with Gasteiger partial charge < -0.3 is 39.4 Å². The predicted molar refractivity (Wildman–Crippen MR) is 208 cm³/mol. The van der Waals surface area contributed by atoms with Crippen LogP contribution in [0, 0.1) is 0 Å². The highest BCUT2D eigenvalue weighted by molar-refractivity contribution is 7.86. The first kappa shape index (κ1) is 40.2. The lowest BCUT2D eigenvalue weighted by Crippen LogP contribution is -2.02. The highest BCUT2D eigenvalue weighted by Gasteiger charge is 2.22. The summed E-state index contributed by atoms with van der Waals surface area (Å²) in [5.74, 6) is -2.88. The molecule has 0 saturated carbocycles. The van der Waals surface area contributed by atoms with Crippen molar-refractivity contribution in [2.45, 2.75) is 14.7 Å². The van der Waals surface area contributed by atoms with Crippen molar-refractivity contribution < 1.29 is 59.3 Å². The summed E-state index contributed by atoms with van der Waals surface area (Å²) < 4.78 is 109. The fraction of sp³-hybridized carbons (Fsp3) is 0. The zero-order chi connectivity index (χ0) is 42.4. The molecule has 0 aliphatic carbocycles. The van der Waals surface area contributed by atoms with E-state index in [1.807, 2.05) is 18.2 Å². The molecule has 0 aliphatic rings. The topological polar surface area (TPSA) is 314 Å².